The first kappa shape index (κ1) is 5.63. The van der Waals surface area contributed by atoms with E-state index in [1.807, 2.05) is 34.6 Å². The van der Waals surface area contributed by atoms with Crippen molar-refractivity contribution >= 4 is 11.9 Å². The van der Waals surface area contributed by atoms with Crippen molar-refractivity contribution < 1.29 is 3.97 Å². The van der Waals surface area contributed by atoms with Gasteiger partial charge in [0.05, 0.1) is 6.26 Å². The van der Waals surface area contributed by atoms with Crippen LogP contribution < -0.4 is 3.97 Å². The van der Waals surface area contributed by atoms with Crippen molar-refractivity contribution in [3.05, 3.63) is 36.8 Å². The molecule has 0 amide bonds. The van der Waals surface area contributed by atoms with Crippen LogP contribution >= 0.6 is 11.9 Å². The number of hydrogen-bond acceptors (Lipinski definition) is 1. The highest BCUT2D eigenvalue weighted by atomic mass is 32.2. The average Bonchev–Trinajstić information content (AvgIpc) is 1.90. The van der Waals surface area contributed by atoms with Gasteiger partial charge in [0.15, 0.2) is 24.3 Å². The van der Waals surface area contributed by atoms with Gasteiger partial charge in [-0.15, -0.1) is 3.97 Å². The van der Waals surface area contributed by atoms with Gasteiger partial charge < -0.3 is 0 Å². The van der Waals surface area contributed by atoms with Crippen LogP contribution in [-0.2, 0) is 0 Å². The van der Waals surface area contributed by atoms with Crippen LogP contribution in [0, 0.1) is 6.26 Å². The molecule has 1 aromatic rings. The zero-order chi connectivity index (χ0) is 5.82. The molecule has 0 bridgehead atoms. The highest BCUT2D eigenvalue weighted by Crippen LogP contribution is 1.85. The van der Waals surface area contributed by atoms with Crippen LogP contribution in [0.15, 0.2) is 30.6 Å². The van der Waals surface area contributed by atoms with Crippen LogP contribution in [-0.4, -0.2) is 0 Å². The first-order valence-electron chi connectivity index (χ1n) is 2.32. The smallest absolute Gasteiger partial charge is 0.134 e. The molecule has 1 heterocycles. The van der Waals surface area contributed by atoms with E-state index in [9.17, 15) is 0 Å². The molecule has 0 aliphatic rings. The first-order chi connectivity index (χ1) is 3.93. The van der Waals surface area contributed by atoms with Gasteiger partial charge in [-0.05, 0) is 0 Å². The Labute approximate surface area is 53.5 Å². The Morgan fingerprint density at radius 3 is 2.12 bits per heavy atom. The fourth-order valence-corrected chi connectivity index (χ4v) is 0.782. The van der Waals surface area contributed by atoms with E-state index in [1.54, 1.807) is 0 Å². The summed E-state index contributed by atoms with van der Waals surface area (Å²) in [6, 6.07) is 5.92. The second-order valence-corrected chi connectivity index (χ2v) is 2.04. The van der Waals surface area contributed by atoms with Gasteiger partial charge in [-0.25, -0.2) is 0 Å². The van der Waals surface area contributed by atoms with Crippen molar-refractivity contribution in [2.45, 2.75) is 0 Å². The zero-order valence-corrected chi connectivity index (χ0v) is 5.27. The maximum absolute atomic E-state index is 3.64. The van der Waals surface area contributed by atoms with E-state index >= 15 is 0 Å². The SMILES string of the molecule is [CH2]S[n+]1ccccc1. The van der Waals surface area contributed by atoms with Gasteiger partial charge >= 0.3 is 0 Å². The van der Waals surface area contributed by atoms with Gasteiger partial charge in [0, 0.05) is 12.1 Å². The highest BCUT2D eigenvalue weighted by Gasteiger charge is 1.89. The van der Waals surface area contributed by atoms with E-state index in [2.05, 4.69) is 6.26 Å². The lowest BCUT2D eigenvalue weighted by Gasteiger charge is -1.81. The molecule has 41 valence electrons. The van der Waals surface area contributed by atoms with Crippen LogP contribution in [0.2, 0.25) is 0 Å². The van der Waals surface area contributed by atoms with E-state index in [-0.39, 0.29) is 0 Å². The molecular formula is C6H7NS+. The zero-order valence-electron chi connectivity index (χ0n) is 4.45. The highest BCUT2D eigenvalue weighted by molar-refractivity contribution is 7.94. The number of pyridine rings is 1. The van der Waals surface area contributed by atoms with Gasteiger partial charge in [-0.1, -0.05) is 6.07 Å². The van der Waals surface area contributed by atoms with E-state index in [1.165, 1.54) is 11.9 Å². The first-order valence-corrected chi connectivity index (χ1v) is 3.26. The minimum atomic E-state index is 1.44. The quantitative estimate of drug-likeness (QED) is 0.511. The Bertz CT molecular complexity index is 150. The maximum Gasteiger partial charge on any atom is 0.183 e. The summed E-state index contributed by atoms with van der Waals surface area (Å²) in [5, 5.41) is 0. The number of nitrogens with zero attached hydrogens (tertiary/aromatic N) is 1. The largest absolute Gasteiger partial charge is 0.183 e. The van der Waals surface area contributed by atoms with Gasteiger partial charge in [0.25, 0.3) is 0 Å². The summed E-state index contributed by atoms with van der Waals surface area (Å²) < 4.78 is 1.93. The molecule has 0 N–H and O–H groups in total. The molecular weight excluding hydrogens is 118 g/mol. The van der Waals surface area contributed by atoms with E-state index in [0.29, 0.717) is 0 Å². The monoisotopic (exact) mass is 125 g/mol. The van der Waals surface area contributed by atoms with Crippen molar-refractivity contribution in [2.24, 2.45) is 0 Å². The summed E-state index contributed by atoms with van der Waals surface area (Å²) in [5.74, 6) is 0. The third-order valence-electron chi connectivity index (χ3n) is 0.837. The lowest BCUT2D eigenvalue weighted by Crippen LogP contribution is -2.20. The van der Waals surface area contributed by atoms with Crippen molar-refractivity contribution in [1.29, 1.82) is 0 Å². The van der Waals surface area contributed by atoms with Gasteiger partial charge in [-0.3, -0.25) is 0 Å². The van der Waals surface area contributed by atoms with E-state index in [0.717, 1.165) is 0 Å². The molecule has 2 heteroatoms. The Kier molecular flexibility index (Phi) is 1.92. The molecule has 0 unspecified atom stereocenters. The van der Waals surface area contributed by atoms with Crippen LogP contribution in [0.25, 0.3) is 0 Å². The molecule has 0 spiro atoms. The lowest BCUT2D eigenvalue weighted by atomic mass is 10.5. The van der Waals surface area contributed by atoms with Crippen molar-refractivity contribution in [1.82, 2.24) is 0 Å². The summed E-state index contributed by atoms with van der Waals surface area (Å²) in [7, 11) is 0. The fourth-order valence-electron chi connectivity index (χ4n) is 0.469. The van der Waals surface area contributed by atoms with Gasteiger partial charge in [0.2, 0.25) is 0 Å². The Morgan fingerprint density at radius 2 is 1.75 bits per heavy atom. The number of hydrogen-bond donors (Lipinski definition) is 0. The maximum atomic E-state index is 3.64. The molecule has 0 aromatic carbocycles. The normalized spacial score (nSPS) is 9.12. The lowest BCUT2D eigenvalue weighted by molar-refractivity contribution is -0.493. The molecule has 0 saturated heterocycles. The van der Waals surface area contributed by atoms with Crippen LogP contribution in [0.3, 0.4) is 0 Å². The molecule has 1 rings (SSSR count). The van der Waals surface area contributed by atoms with Gasteiger partial charge in [-0.2, -0.15) is 0 Å². The molecule has 1 aromatic heterocycles. The van der Waals surface area contributed by atoms with Crippen molar-refractivity contribution in [3.63, 3.8) is 0 Å². The molecule has 0 saturated carbocycles. The molecule has 0 aliphatic heterocycles. The summed E-state index contributed by atoms with van der Waals surface area (Å²) in [4.78, 5) is 0. The number of aromatic nitrogens is 1. The molecule has 1 nitrogen and oxygen atoms in total. The second kappa shape index (κ2) is 2.72. The summed E-state index contributed by atoms with van der Waals surface area (Å²) in [5.41, 5.74) is 0. The molecule has 8 heavy (non-hydrogen) atoms. The summed E-state index contributed by atoms with van der Waals surface area (Å²) >= 11 is 1.44. The molecule has 1 radical (unpaired) electrons. The molecule has 0 aliphatic carbocycles. The average molecular weight is 125 g/mol. The minimum absolute atomic E-state index is 1.44. The van der Waals surface area contributed by atoms with Crippen LogP contribution in [0.5, 0.6) is 0 Å². The van der Waals surface area contributed by atoms with Crippen molar-refractivity contribution in [3.8, 4) is 0 Å². The standard InChI is InChI=1S/C6H7NS/c1-8-7-5-3-2-4-6-7/h2-6H,1H2/q+1. The van der Waals surface area contributed by atoms with E-state index in [4.69, 9.17) is 0 Å². The minimum Gasteiger partial charge on any atom is -0.134 e. The topological polar surface area (TPSA) is 3.88 Å². The molecule has 0 atom stereocenters. The van der Waals surface area contributed by atoms with Gasteiger partial charge in [0.1, 0.15) is 0 Å². The Balaban J connectivity index is 2.83. The van der Waals surface area contributed by atoms with Crippen LogP contribution in [0.4, 0.5) is 0 Å². The summed E-state index contributed by atoms with van der Waals surface area (Å²) in [6.45, 7) is 0. The number of rotatable bonds is 1. The third-order valence-corrected chi connectivity index (χ3v) is 1.38. The van der Waals surface area contributed by atoms with Crippen molar-refractivity contribution in [2.75, 3.05) is 0 Å². The Hall–Kier alpha value is -0.500. The Morgan fingerprint density at radius 1 is 1.12 bits per heavy atom. The summed E-state index contributed by atoms with van der Waals surface area (Å²) in [6.07, 6.45) is 7.55. The fraction of sp³-hybridized carbons (Fsp3) is 0. The predicted octanol–water partition coefficient (Wildman–Crippen LogP) is 1.26. The second-order valence-electron chi connectivity index (χ2n) is 1.36. The predicted molar refractivity (Wildman–Crippen MR) is 35.0 cm³/mol. The van der Waals surface area contributed by atoms with E-state index < -0.39 is 0 Å². The molecule has 0 fully saturated rings. The van der Waals surface area contributed by atoms with Crippen LogP contribution in [0.1, 0.15) is 0 Å². The third kappa shape index (κ3) is 1.23.